The minimum atomic E-state index is -0.191. The average molecular weight is 136 g/mol. The Hall–Kier alpha value is -0.433. The van der Waals surface area contributed by atoms with Gasteiger partial charge < -0.3 is 0 Å². The fourth-order valence-corrected chi connectivity index (χ4v) is 1.81. The average Bonchev–Trinajstić information content (AvgIpc) is 2.14. The van der Waals surface area contributed by atoms with Crippen LogP contribution in [0.5, 0.6) is 0 Å². The van der Waals surface area contributed by atoms with Crippen molar-refractivity contribution in [3.63, 3.8) is 0 Å². The summed E-state index contributed by atoms with van der Waals surface area (Å²) in [6.45, 7) is 6.78. The largest absolute Gasteiger partial charge is 0.0595 e. The van der Waals surface area contributed by atoms with Crippen molar-refractivity contribution in [2.24, 2.45) is 0 Å². The summed E-state index contributed by atoms with van der Waals surface area (Å²) in [7, 11) is -0.191. The van der Waals surface area contributed by atoms with Crippen LogP contribution in [0.1, 0.15) is 6.92 Å². The van der Waals surface area contributed by atoms with Gasteiger partial charge in [0.25, 0.3) is 0 Å². The van der Waals surface area contributed by atoms with E-state index in [1.54, 1.807) is 5.17 Å². The molecule has 0 aromatic heterocycles. The van der Waals surface area contributed by atoms with Crippen molar-refractivity contribution in [3.05, 3.63) is 23.8 Å². The number of hydrogen-bond donors (Lipinski definition) is 0. The Kier molecular flexibility index (Phi) is 1.81. The molecule has 0 radical (unpaired) electrons. The zero-order valence-corrected chi connectivity index (χ0v) is 7.23. The fourth-order valence-electron chi connectivity index (χ4n) is 0.874. The van der Waals surface area contributed by atoms with Gasteiger partial charge in [-0.2, -0.15) is 0 Å². The quantitative estimate of drug-likeness (QED) is 0.447. The first kappa shape index (κ1) is 6.68. The Morgan fingerprint density at radius 3 is 2.11 bits per heavy atom. The van der Waals surface area contributed by atoms with Crippen LogP contribution in [-0.2, 0) is 0 Å². The Morgan fingerprint density at radius 1 is 1.22 bits per heavy atom. The number of hydrogen-bond acceptors (Lipinski definition) is 0. The van der Waals surface area contributed by atoms with Gasteiger partial charge in [0.1, 0.15) is 0 Å². The SMILES string of the molecule is CC1=CC(=[Si](C)C)C=C1. The van der Waals surface area contributed by atoms with Gasteiger partial charge in [0, 0.05) is 8.41 Å². The lowest BCUT2D eigenvalue weighted by molar-refractivity contribution is 1.57. The lowest BCUT2D eigenvalue weighted by Gasteiger charge is -1.89. The molecule has 48 valence electrons. The summed E-state index contributed by atoms with van der Waals surface area (Å²) in [5.41, 5.74) is 1.40. The molecule has 0 saturated heterocycles. The van der Waals surface area contributed by atoms with Gasteiger partial charge in [0.2, 0.25) is 0 Å². The number of rotatable bonds is 0. The van der Waals surface area contributed by atoms with E-state index < -0.39 is 0 Å². The van der Waals surface area contributed by atoms with E-state index in [1.165, 1.54) is 5.57 Å². The highest BCUT2D eigenvalue weighted by atomic mass is 28.2. The van der Waals surface area contributed by atoms with Crippen molar-refractivity contribution in [2.45, 2.75) is 20.0 Å². The normalized spacial score (nSPS) is 16.3. The second kappa shape index (κ2) is 2.44. The molecule has 1 aliphatic rings. The summed E-state index contributed by atoms with van der Waals surface area (Å²) in [4.78, 5) is 0. The molecule has 0 heterocycles. The van der Waals surface area contributed by atoms with E-state index in [2.05, 4.69) is 38.2 Å². The zero-order chi connectivity index (χ0) is 6.85. The first-order chi connectivity index (χ1) is 4.20. The van der Waals surface area contributed by atoms with E-state index in [4.69, 9.17) is 0 Å². The van der Waals surface area contributed by atoms with Gasteiger partial charge in [0.15, 0.2) is 0 Å². The molecule has 0 atom stereocenters. The molecular weight excluding hydrogens is 124 g/mol. The molecule has 0 unspecified atom stereocenters. The van der Waals surface area contributed by atoms with E-state index in [0.29, 0.717) is 0 Å². The molecule has 0 aromatic carbocycles. The van der Waals surface area contributed by atoms with Crippen LogP contribution < -0.4 is 0 Å². The Balaban J connectivity index is 2.95. The van der Waals surface area contributed by atoms with Crippen LogP contribution in [0.4, 0.5) is 0 Å². The van der Waals surface area contributed by atoms with Crippen molar-refractivity contribution in [3.8, 4) is 0 Å². The van der Waals surface area contributed by atoms with Crippen LogP contribution in [0.25, 0.3) is 0 Å². The van der Waals surface area contributed by atoms with Crippen LogP contribution in [0.2, 0.25) is 13.1 Å². The lowest BCUT2D eigenvalue weighted by atomic mass is 10.3. The van der Waals surface area contributed by atoms with Crippen LogP contribution in [0.3, 0.4) is 0 Å². The third-order valence-corrected chi connectivity index (χ3v) is 2.95. The molecule has 0 aromatic rings. The third kappa shape index (κ3) is 1.48. The molecule has 1 heteroatoms. The van der Waals surface area contributed by atoms with E-state index in [0.717, 1.165) is 0 Å². The summed E-state index contributed by atoms with van der Waals surface area (Å²) in [6.07, 6.45) is 6.71. The lowest BCUT2D eigenvalue weighted by Crippen LogP contribution is -1.99. The first-order valence-electron chi connectivity index (χ1n) is 3.24. The molecule has 0 amide bonds. The summed E-state index contributed by atoms with van der Waals surface area (Å²) in [5, 5.41) is 1.55. The number of allylic oxidation sites excluding steroid dienone is 4. The highest BCUT2D eigenvalue weighted by molar-refractivity contribution is 6.73. The smallest absolute Gasteiger partial charge is 0.0128 e. The highest BCUT2D eigenvalue weighted by Crippen LogP contribution is 2.04. The zero-order valence-electron chi connectivity index (χ0n) is 6.23. The Labute approximate surface area is 58.1 Å². The summed E-state index contributed by atoms with van der Waals surface area (Å²) in [5.74, 6) is 0. The molecule has 0 spiro atoms. The van der Waals surface area contributed by atoms with Crippen LogP contribution in [0.15, 0.2) is 23.8 Å². The first-order valence-corrected chi connectivity index (χ1v) is 5.74. The summed E-state index contributed by atoms with van der Waals surface area (Å²) < 4.78 is 0. The van der Waals surface area contributed by atoms with Gasteiger partial charge in [-0.3, -0.25) is 0 Å². The molecule has 0 fully saturated rings. The van der Waals surface area contributed by atoms with Gasteiger partial charge >= 0.3 is 0 Å². The van der Waals surface area contributed by atoms with Crippen LogP contribution in [0, 0.1) is 0 Å². The van der Waals surface area contributed by atoms with E-state index in [-0.39, 0.29) is 8.41 Å². The maximum atomic E-state index is 2.32. The molecule has 0 bridgehead atoms. The predicted molar refractivity (Wildman–Crippen MR) is 45.4 cm³/mol. The minimum absolute atomic E-state index is 0.191. The van der Waals surface area contributed by atoms with Crippen molar-refractivity contribution < 1.29 is 0 Å². The topological polar surface area (TPSA) is 0 Å². The van der Waals surface area contributed by atoms with Crippen LogP contribution >= 0.6 is 0 Å². The second-order valence-corrected chi connectivity index (χ2v) is 5.25. The van der Waals surface area contributed by atoms with Gasteiger partial charge in [-0.25, -0.2) is 0 Å². The third-order valence-electron chi connectivity index (χ3n) is 1.49. The molecule has 0 nitrogen and oxygen atoms in total. The molecule has 0 saturated carbocycles. The molecular formula is C8H12Si. The second-order valence-electron chi connectivity index (χ2n) is 2.68. The highest BCUT2D eigenvalue weighted by Gasteiger charge is 1.97. The molecule has 9 heavy (non-hydrogen) atoms. The van der Waals surface area contributed by atoms with Crippen LogP contribution in [-0.4, -0.2) is 13.6 Å². The van der Waals surface area contributed by atoms with Crippen molar-refractivity contribution in [2.75, 3.05) is 0 Å². The van der Waals surface area contributed by atoms with Gasteiger partial charge in [-0.05, 0) is 12.1 Å². The van der Waals surface area contributed by atoms with Crippen molar-refractivity contribution in [1.82, 2.24) is 0 Å². The molecule has 0 N–H and O–H groups in total. The van der Waals surface area contributed by atoms with Crippen molar-refractivity contribution >= 4 is 13.6 Å². The molecule has 1 aliphatic carbocycles. The molecule has 0 aliphatic heterocycles. The Bertz CT molecular complexity index is 203. The fraction of sp³-hybridized carbons (Fsp3) is 0.375. The maximum Gasteiger partial charge on any atom is 0.0128 e. The van der Waals surface area contributed by atoms with Gasteiger partial charge in [0.05, 0.1) is 0 Å². The van der Waals surface area contributed by atoms with E-state index in [1.807, 2.05) is 0 Å². The van der Waals surface area contributed by atoms with E-state index in [9.17, 15) is 0 Å². The Morgan fingerprint density at radius 2 is 1.89 bits per heavy atom. The maximum absolute atomic E-state index is 2.32. The van der Waals surface area contributed by atoms with Gasteiger partial charge in [-0.15, -0.1) is 0 Å². The summed E-state index contributed by atoms with van der Waals surface area (Å²) in [6, 6.07) is 0. The van der Waals surface area contributed by atoms with E-state index >= 15 is 0 Å². The standard InChI is InChI=1S/C8H12Si/c1-7-4-5-8(6-7)9(2)3/h4-6H,1-3H3. The van der Waals surface area contributed by atoms with Gasteiger partial charge in [-0.1, -0.05) is 36.9 Å². The monoisotopic (exact) mass is 136 g/mol. The minimum Gasteiger partial charge on any atom is -0.0595 e. The summed E-state index contributed by atoms with van der Waals surface area (Å²) >= 11 is 0. The predicted octanol–water partition coefficient (Wildman–Crippen LogP) is 2.01. The molecule has 1 rings (SSSR count). The van der Waals surface area contributed by atoms with Crippen molar-refractivity contribution in [1.29, 1.82) is 0 Å².